The summed E-state index contributed by atoms with van der Waals surface area (Å²) in [6.07, 6.45) is 1.63. The highest BCUT2D eigenvalue weighted by Crippen LogP contribution is 2.38. The molecule has 3 aromatic rings. The Labute approximate surface area is 251 Å². The second-order valence-corrected chi connectivity index (χ2v) is 10.1. The van der Waals surface area contributed by atoms with Gasteiger partial charge in [-0.2, -0.15) is 0 Å². The summed E-state index contributed by atoms with van der Waals surface area (Å²) in [5.41, 5.74) is 1.26. The monoisotopic (exact) mass is 612 g/mol. The number of thiazole rings is 1. The second-order valence-electron chi connectivity index (χ2n) is 9.08. The van der Waals surface area contributed by atoms with E-state index in [1.165, 1.54) is 25.9 Å². The third-order valence-electron chi connectivity index (χ3n) is 6.47. The molecule has 0 bridgehead atoms. The normalized spacial score (nSPS) is 14.5. The summed E-state index contributed by atoms with van der Waals surface area (Å²) in [5.74, 6) is -0.387. The van der Waals surface area contributed by atoms with Gasteiger partial charge in [-0.15, -0.1) is 0 Å². The molecule has 2 heterocycles. The molecule has 0 unspecified atom stereocenters. The Balaban J connectivity index is 1.92. The maximum Gasteiger partial charge on any atom is 0.343 e. The summed E-state index contributed by atoms with van der Waals surface area (Å²) in [5, 5.41) is 10.3. The van der Waals surface area contributed by atoms with Crippen LogP contribution in [0.5, 0.6) is 28.7 Å². The summed E-state index contributed by atoms with van der Waals surface area (Å²) < 4.78 is 33.7. The fourth-order valence-electron chi connectivity index (χ4n) is 4.53. The number of carbonyl (C=O) groups excluding carboxylic acids is 2. The SMILES string of the molecule is CCOC(=O)C1=C(C)N=c2s/c(=C\c3cc(OC)c(O)c(OC)c3)c(=O)n2[C@H]1c1ccc(OCC(=O)OC)c(OCC)c1. The Hall–Kier alpha value is -4.78. The number of nitrogens with zero attached hydrogens (tertiary/aromatic N) is 2. The molecule has 12 nitrogen and oxygen atoms in total. The number of ether oxygens (including phenoxy) is 6. The number of phenolic OH excluding ortho intramolecular Hbond substituents is 1. The van der Waals surface area contributed by atoms with Gasteiger partial charge in [-0.25, -0.2) is 14.6 Å². The fourth-order valence-corrected chi connectivity index (χ4v) is 5.58. The van der Waals surface area contributed by atoms with Crippen molar-refractivity contribution < 1.29 is 43.1 Å². The molecular formula is C30H32N2O10S. The molecule has 0 saturated heterocycles. The van der Waals surface area contributed by atoms with E-state index in [1.807, 2.05) is 0 Å². The number of hydrogen-bond acceptors (Lipinski definition) is 12. The van der Waals surface area contributed by atoms with Crippen LogP contribution in [0.25, 0.3) is 6.08 Å². The number of methoxy groups -OCH3 is 3. The van der Waals surface area contributed by atoms with Gasteiger partial charge in [0.15, 0.2) is 34.4 Å². The second kappa shape index (κ2) is 13.5. The standard InChI is InChI=1S/C30H32N2O10S/c1-7-40-20-14-18(9-10-19(20)42-15-24(33)39-6)26-25(29(36)41-8-2)16(3)31-30-32(26)28(35)23(43-30)13-17-11-21(37-4)27(34)22(12-17)38-5/h9-14,26,34H,7-8,15H2,1-6H3/b23-13-/t26-/m0/s1. The lowest BCUT2D eigenvalue weighted by molar-refractivity contribution is -0.143. The van der Waals surface area contributed by atoms with E-state index in [-0.39, 0.29) is 41.8 Å². The zero-order valence-corrected chi connectivity index (χ0v) is 25.4. The molecule has 0 fully saturated rings. The highest BCUT2D eigenvalue weighted by atomic mass is 32.1. The first-order chi connectivity index (χ1) is 20.7. The molecule has 1 atom stereocenters. The van der Waals surface area contributed by atoms with E-state index in [0.29, 0.717) is 38.5 Å². The Morgan fingerprint density at radius 1 is 1.00 bits per heavy atom. The molecule has 1 N–H and O–H groups in total. The third-order valence-corrected chi connectivity index (χ3v) is 7.46. The average Bonchev–Trinajstić information content (AvgIpc) is 3.30. The largest absolute Gasteiger partial charge is 0.502 e. The van der Waals surface area contributed by atoms with E-state index in [0.717, 1.165) is 11.3 Å². The van der Waals surface area contributed by atoms with Crippen LogP contribution >= 0.6 is 11.3 Å². The molecule has 0 aliphatic carbocycles. The molecule has 1 aliphatic heterocycles. The number of rotatable bonds is 11. The number of esters is 2. The summed E-state index contributed by atoms with van der Waals surface area (Å²) in [6, 6.07) is 7.19. The summed E-state index contributed by atoms with van der Waals surface area (Å²) in [6.45, 7) is 5.26. The first-order valence-corrected chi connectivity index (χ1v) is 14.1. The molecule has 1 aromatic heterocycles. The van der Waals surface area contributed by atoms with E-state index >= 15 is 0 Å². The van der Waals surface area contributed by atoms with Gasteiger partial charge in [0.1, 0.15) is 0 Å². The molecule has 13 heteroatoms. The summed E-state index contributed by atoms with van der Waals surface area (Å²) >= 11 is 1.14. The van der Waals surface area contributed by atoms with Gasteiger partial charge in [-0.05, 0) is 62.2 Å². The molecule has 43 heavy (non-hydrogen) atoms. The molecule has 228 valence electrons. The third kappa shape index (κ3) is 6.36. The molecule has 0 spiro atoms. The average molecular weight is 613 g/mol. The molecule has 2 aromatic carbocycles. The smallest absolute Gasteiger partial charge is 0.343 e. The van der Waals surface area contributed by atoms with Crippen LogP contribution in [0.4, 0.5) is 0 Å². The molecule has 0 amide bonds. The number of benzene rings is 2. The Morgan fingerprint density at radius 3 is 2.30 bits per heavy atom. The van der Waals surface area contributed by atoms with E-state index in [9.17, 15) is 19.5 Å². The van der Waals surface area contributed by atoms with Gasteiger partial charge in [0.05, 0.1) is 56.4 Å². The van der Waals surface area contributed by atoms with Crippen molar-refractivity contribution in [1.29, 1.82) is 0 Å². The number of fused-ring (bicyclic) bond motifs is 1. The topological polar surface area (TPSA) is 144 Å². The minimum Gasteiger partial charge on any atom is -0.502 e. The van der Waals surface area contributed by atoms with Crippen LogP contribution in [-0.2, 0) is 19.1 Å². The summed E-state index contributed by atoms with van der Waals surface area (Å²) in [4.78, 5) is 43.9. The predicted octanol–water partition coefficient (Wildman–Crippen LogP) is 2.47. The highest BCUT2D eigenvalue weighted by molar-refractivity contribution is 7.07. The van der Waals surface area contributed by atoms with Crippen molar-refractivity contribution in [3.05, 3.63) is 72.4 Å². The van der Waals surface area contributed by atoms with Gasteiger partial charge < -0.3 is 33.5 Å². The minimum absolute atomic E-state index is 0.127. The van der Waals surface area contributed by atoms with Crippen molar-refractivity contribution in [2.45, 2.75) is 26.8 Å². The van der Waals surface area contributed by atoms with E-state index in [1.54, 1.807) is 57.2 Å². The first-order valence-electron chi connectivity index (χ1n) is 13.3. The van der Waals surface area contributed by atoms with Crippen LogP contribution in [0, 0.1) is 0 Å². The van der Waals surface area contributed by atoms with Crippen LogP contribution in [0.15, 0.2) is 51.4 Å². The van der Waals surface area contributed by atoms with E-state index in [4.69, 9.17) is 23.7 Å². The van der Waals surface area contributed by atoms with Crippen molar-refractivity contribution in [3.8, 4) is 28.7 Å². The molecular weight excluding hydrogens is 580 g/mol. The van der Waals surface area contributed by atoms with Gasteiger partial charge in [0.25, 0.3) is 5.56 Å². The number of aromatic nitrogens is 1. The maximum atomic E-state index is 14.0. The Kier molecular flexibility index (Phi) is 9.76. The van der Waals surface area contributed by atoms with Crippen molar-refractivity contribution in [2.24, 2.45) is 4.99 Å². The molecule has 1 aliphatic rings. The van der Waals surface area contributed by atoms with Gasteiger partial charge in [-0.3, -0.25) is 9.36 Å². The van der Waals surface area contributed by atoms with Crippen molar-refractivity contribution in [1.82, 2.24) is 4.57 Å². The van der Waals surface area contributed by atoms with Crippen LogP contribution in [-0.4, -0.2) is 62.8 Å². The molecule has 0 radical (unpaired) electrons. The molecule has 0 saturated carbocycles. The summed E-state index contributed by atoms with van der Waals surface area (Å²) in [7, 11) is 4.08. The highest BCUT2D eigenvalue weighted by Gasteiger charge is 2.34. The van der Waals surface area contributed by atoms with Crippen LogP contribution in [0.3, 0.4) is 0 Å². The van der Waals surface area contributed by atoms with Gasteiger partial charge in [0, 0.05) is 0 Å². The minimum atomic E-state index is -0.907. The zero-order chi connectivity index (χ0) is 31.3. The number of aromatic hydroxyl groups is 1. The zero-order valence-electron chi connectivity index (χ0n) is 24.6. The van der Waals surface area contributed by atoms with Crippen LogP contribution < -0.4 is 33.8 Å². The van der Waals surface area contributed by atoms with Crippen molar-refractivity contribution >= 4 is 29.4 Å². The van der Waals surface area contributed by atoms with Gasteiger partial charge >= 0.3 is 11.9 Å². The maximum absolute atomic E-state index is 14.0. The lowest BCUT2D eigenvalue weighted by Gasteiger charge is -2.25. The Morgan fingerprint density at radius 2 is 1.70 bits per heavy atom. The van der Waals surface area contributed by atoms with Gasteiger partial charge in [0.2, 0.25) is 5.75 Å². The van der Waals surface area contributed by atoms with E-state index < -0.39 is 23.5 Å². The van der Waals surface area contributed by atoms with Crippen molar-refractivity contribution in [2.75, 3.05) is 41.2 Å². The Bertz CT molecular complexity index is 1730. The quantitative estimate of drug-likeness (QED) is 0.321. The predicted molar refractivity (Wildman–Crippen MR) is 157 cm³/mol. The lowest BCUT2D eigenvalue weighted by atomic mass is 9.95. The van der Waals surface area contributed by atoms with Crippen LogP contribution in [0.1, 0.15) is 37.9 Å². The van der Waals surface area contributed by atoms with E-state index in [2.05, 4.69) is 9.73 Å². The van der Waals surface area contributed by atoms with Gasteiger partial charge in [-0.1, -0.05) is 17.4 Å². The lowest BCUT2D eigenvalue weighted by Crippen LogP contribution is -2.40. The van der Waals surface area contributed by atoms with Crippen LogP contribution in [0.2, 0.25) is 0 Å². The number of phenols is 1. The number of allylic oxidation sites excluding steroid dienone is 1. The molecule has 4 rings (SSSR count). The number of hydrogen-bond donors (Lipinski definition) is 1. The number of carbonyl (C=O) groups is 2. The van der Waals surface area contributed by atoms with Crippen molar-refractivity contribution in [3.63, 3.8) is 0 Å². The first kappa shape index (κ1) is 31.2. The fraction of sp³-hybridized carbons (Fsp3) is 0.333.